The Hall–Kier alpha value is -0.830. The molecule has 3 heteroatoms. The number of hydrogen-bond acceptors (Lipinski definition) is 3. The fourth-order valence-corrected chi connectivity index (χ4v) is 2.16. The fraction of sp³-hybridized carbons (Fsp3) is 0.700. The molecule has 2 N–H and O–H groups in total. The van der Waals surface area contributed by atoms with Gasteiger partial charge in [-0.05, 0) is 18.9 Å². The lowest BCUT2D eigenvalue weighted by Crippen LogP contribution is -2.45. The number of nitrogens with two attached hydrogens (primary N) is 1. The molecule has 1 heterocycles. The second-order valence-corrected chi connectivity index (χ2v) is 3.79. The summed E-state index contributed by atoms with van der Waals surface area (Å²) in [6, 6.07) is 0.623. The highest BCUT2D eigenvalue weighted by molar-refractivity contribution is 5.71. The zero-order valence-corrected chi connectivity index (χ0v) is 7.89. The van der Waals surface area contributed by atoms with Gasteiger partial charge in [-0.3, -0.25) is 10.7 Å². The van der Waals surface area contributed by atoms with E-state index in [1.165, 1.54) is 32.1 Å². The van der Waals surface area contributed by atoms with Crippen molar-refractivity contribution in [1.82, 2.24) is 4.90 Å². The average Bonchev–Trinajstić information content (AvgIpc) is 2.20. The predicted molar refractivity (Wildman–Crippen MR) is 54.3 cm³/mol. The molecule has 0 aromatic carbocycles. The van der Waals surface area contributed by atoms with Crippen LogP contribution in [0.15, 0.2) is 17.3 Å². The Kier molecular flexibility index (Phi) is 2.64. The van der Waals surface area contributed by atoms with E-state index >= 15 is 0 Å². The van der Waals surface area contributed by atoms with Crippen LogP contribution in [0, 0.1) is 0 Å². The third kappa shape index (κ3) is 1.91. The molecule has 72 valence electrons. The zero-order chi connectivity index (χ0) is 9.10. The van der Waals surface area contributed by atoms with E-state index in [9.17, 15) is 0 Å². The highest BCUT2D eigenvalue weighted by Crippen LogP contribution is 2.24. The molecule has 0 aromatic rings. The second kappa shape index (κ2) is 3.92. The van der Waals surface area contributed by atoms with Crippen molar-refractivity contribution < 1.29 is 0 Å². The third-order valence-electron chi connectivity index (χ3n) is 2.88. The SMILES string of the molecule is NC1N=CC=CN1C1CCCCC1. The quantitative estimate of drug-likeness (QED) is 0.662. The molecule has 1 aliphatic carbocycles. The minimum absolute atomic E-state index is 0.145. The van der Waals surface area contributed by atoms with Gasteiger partial charge in [0.2, 0.25) is 0 Å². The minimum atomic E-state index is -0.145. The normalized spacial score (nSPS) is 29.6. The van der Waals surface area contributed by atoms with Gasteiger partial charge in [0.15, 0.2) is 6.29 Å². The Balaban J connectivity index is 1.98. The van der Waals surface area contributed by atoms with Crippen molar-refractivity contribution >= 4 is 6.21 Å². The van der Waals surface area contributed by atoms with Crippen molar-refractivity contribution in [3.05, 3.63) is 12.3 Å². The van der Waals surface area contributed by atoms with E-state index in [0.29, 0.717) is 6.04 Å². The van der Waals surface area contributed by atoms with Crippen molar-refractivity contribution in [3.63, 3.8) is 0 Å². The van der Waals surface area contributed by atoms with Crippen LogP contribution < -0.4 is 5.73 Å². The molecule has 0 aromatic heterocycles. The van der Waals surface area contributed by atoms with Crippen molar-refractivity contribution in [2.24, 2.45) is 10.7 Å². The van der Waals surface area contributed by atoms with E-state index in [2.05, 4.69) is 16.1 Å². The Bertz CT molecular complexity index is 216. The molecule has 13 heavy (non-hydrogen) atoms. The third-order valence-corrected chi connectivity index (χ3v) is 2.88. The largest absolute Gasteiger partial charge is 0.341 e. The van der Waals surface area contributed by atoms with Gasteiger partial charge in [-0.2, -0.15) is 0 Å². The second-order valence-electron chi connectivity index (χ2n) is 3.79. The molecule has 0 saturated heterocycles. The summed E-state index contributed by atoms with van der Waals surface area (Å²) in [5.41, 5.74) is 5.89. The van der Waals surface area contributed by atoms with Crippen LogP contribution in [0.2, 0.25) is 0 Å². The summed E-state index contributed by atoms with van der Waals surface area (Å²) in [5.74, 6) is 0. The Labute approximate surface area is 79.3 Å². The fourth-order valence-electron chi connectivity index (χ4n) is 2.16. The molecular formula is C10H17N3. The highest BCUT2D eigenvalue weighted by atomic mass is 15.3. The van der Waals surface area contributed by atoms with Gasteiger partial charge < -0.3 is 4.90 Å². The summed E-state index contributed by atoms with van der Waals surface area (Å²) in [6.45, 7) is 0. The first-order valence-electron chi connectivity index (χ1n) is 5.11. The van der Waals surface area contributed by atoms with Gasteiger partial charge in [-0.15, -0.1) is 0 Å². The molecule has 2 rings (SSSR count). The minimum Gasteiger partial charge on any atom is -0.341 e. The predicted octanol–water partition coefficient (Wildman–Crippen LogP) is 1.46. The van der Waals surface area contributed by atoms with E-state index in [1.807, 2.05) is 6.08 Å². The van der Waals surface area contributed by atoms with Crippen molar-refractivity contribution in [3.8, 4) is 0 Å². The van der Waals surface area contributed by atoms with Gasteiger partial charge in [-0.1, -0.05) is 19.3 Å². The van der Waals surface area contributed by atoms with Crippen LogP contribution in [-0.4, -0.2) is 23.4 Å². The maximum Gasteiger partial charge on any atom is 0.173 e. The number of rotatable bonds is 1. The van der Waals surface area contributed by atoms with Gasteiger partial charge in [0.25, 0.3) is 0 Å². The summed E-state index contributed by atoms with van der Waals surface area (Å²) in [6.07, 6.45) is 12.3. The first kappa shape index (κ1) is 8.75. The summed E-state index contributed by atoms with van der Waals surface area (Å²) in [7, 11) is 0. The van der Waals surface area contributed by atoms with Crippen LogP contribution in [0.4, 0.5) is 0 Å². The number of hydrogen-bond donors (Lipinski definition) is 1. The number of aliphatic imine (C=N–C) groups is 1. The molecule has 0 radical (unpaired) electrons. The average molecular weight is 179 g/mol. The van der Waals surface area contributed by atoms with E-state index in [0.717, 1.165) is 0 Å². The molecule has 1 saturated carbocycles. The van der Waals surface area contributed by atoms with E-state index in [4.69, 9.17) is 5.73 Å². The molecule has 1 aliphatic heterocycles. The maximum absolute atomic E-state index is 5.89. The molecule has 1 unspecified atom stereocenters. The smallest absolute Gasteiger partial charge is 0.173 e. The van der Waals surface area contributed by atoms with E-state index < -0.39 is 0 Å². The molecular weight excluding hydrogens is 162 g/mol. The number of nitrogens with zero attached hydrogens (tertiary/aromatic N) is 2. The summed E-state index contributed by atoms with van der Waals surface area (Å²) < 4.78 is 0. The standard InChI is InChI=1S/C10H17N3/c11-10-12-7-4-8-13(10)9-5-2-1-3-6-9/h4,7-10H,1-3,5-6,11H2. The van der Waals surface area contributed by atoms with Crippen LogP contribution in [0.3, 0.4) is 0 Å². The molecule has 1 fully saturated rings. The van der Waals surface area contributed by atoms with E-state index in [-0.39, 0.29) is 6.29 Å². The molecule has 1 atom stereocenters. The highest BCUT2D eigenvalue weighted by Gasteiger charge is 2.22. The van der Waals surface area contributed by atoms with Crippen LogP contribution in [0.1, 0.15) is 32.1 Å². The molecule has 3 nitrogen and oxygen atoms in total. The topological polar surface area (TPSA) is 41.6 Å². The monoisotopic (exact) mass is 179 g/mol. The molecule has 0 spiro atoms. The Morgan fingerprint density at radius 2 is 2.00 bits per heavy atom. The molecule has 2 aliphatic rings. The van der Waals surface area contributed by atoms with Crippen LogP contribution in [-0.2, 0) is 0 Å². The summed E-state index contributed by atoms with van der Waals surface area (Å²) >= 11 is 0. The Morgan fingerprint density at radius 1 is 1.23 bits per heavy atom. The van der Waals surface area contributed by atoms with Gasteiger partial charge in [0, 0.05) is 18.5 Å². The van der Waals surface area contributed by atoms with Crippen molar-refractivity contribution in [2.75, 3.05) is 0 Å². The van der Waals surface area contributed by atoms with Gasteiger partial charge in [0.05, 0.1) is 0 Å². The summed E-state index contributed by atoms with van der Waals surface area (Å²) in [4.78, 5) is 6.37. The molecule has 0 amide bonds. The lowest BCUT2D eigenvalue weighted by atomic mass is 9.94. The van der Waals surface area contributed by atoms with Crippen LogP contribution in [0.5, 0.6) is 0 Å². The van der Waals surface area contributed by atoms with Gasteiger partial charge in [0.1, 0.15) is 0 Å². The molecule has 0 bridgehead atoms. The first-order valence-corrected chi connectivity index (χ1v) is 5.11. The van der Waals surface area contributed by atoms with Crippen LogP contribution >= 0.6 is 0 Å². The van der Waals surface area contributed by atoms with Crippen molar-refractivity contribution in [1.29, 1.82) is 0 Å². The first-order chi connectivity index (χ1) is 6.38. The van der Waals surface area contributed by atoms with Gasteiger partial charge >= 0.3 is 0 Å². The zero-order valence-electron chi connectivity index (χ0n) is 7.89. The maximum atomic E-state index is 5.89. The van der Waals surface area contributed by atoms with E-state index in [1.54, 1.807) is 6.21 Å². The van der Waals surface area contributed by atoms with Gasteiger partial charge in [-0.25, -0.2) is 0 Å². The van der Waals surface area contributed by atoms with Crippen LogP contribution in [0.25, 0.3) is 0 Å². The van der Waals surface area contributed by atoms with Crippen molar-refractivity contribution in [2.45, 2.75) is 44.4 Å². The Morgan fingerprint density at radius 3 is 2.69 bits per heavy atom. The lowest BCUT2D eigenvalue weighted by Gasteiger charge is -2.36. The summed E-state index contributed by atoms with van der Waals surface area (Å²) in [5, 5.41) is 0. The lowest BCUT2D eigenvalue weighted by molar-refractivity contribution is 0.168. The number of allylic oxidation sites excluding steroid dienone is 1.